The Labute approximate surface area is 109 Å². The fourth-order valence-electron chi connectivity index (χ4n) is 1.44. The maximum absolute atomic E-state index is 11.7. The average Bonchev–Trinajstić information content (AvgIpc) is 2.27. The van der Waals surface area contributed by atoms with Crippen LogP contribution in [0.25, 0.3) is 0 Å². The minimum atomic E-state index is -0.286. The predicted octanol–water partition coefficient (Wildman–Crippen LogP) is 2.41. The molecule has 0 unspecified atom stereocenters. The van der Waals surface area contributed by atoms with E-state index >= 15 is 0 Å². The van der Waals surface area contributed by atoms with Crippen molar-refractivity contribution in [2.75, 3.05) is 18.9 Å². The largest absolute Gasteiger partial charge is 0.486 e. The van der Waals surface area contributed by atoms with Crippen molar-refractivity contribution in [1.82, 2.24) is 5.32 Å². The maximum Gasteiger partial charge on any atom is 0.225 e. The fourth-order valence-corrected chi connectivity index (χ4v) is 1.44. The van der Waals surface area contributed by atoms with E-state index in [1.165, 1.54) is 0 Å². The topological polar surface area (TPSA) is 50.4 Å². The average molecular weight is 250 g/mol. The molecule has 0 heterocycles. The van der Waals surface area contributed by atoms with Gasteiger partial charge in [0.25, 0.3) is 0 Å². The Balaban J connectivity index is 2.73. The molecule has 4 heteroatoms. The summed E-state index contributed by atoms with van der Waals surface area (Å²) in [5.74, 6) is 0.678. The molecule has 0 aromatic heterocycles. The number of hydrogen-bond acceptors (Lipinski definition) is 3. The van der Waals surface area contributed by atoms with Gasteiger partial charge in [-0.05, 0) is 40.0 Å². The third-order valence-electron chi connectivity index (χ3n) is 2.18. The number of para-hydroxylation sites is 2. The lowest BCUT2D eigenvalue weighted by Crippen LogP contribution is -2.24. The third kappa shape index (κ3) is 5.19. The SMILES string of the molecule is CNCCC(=O)Nc1ccccc1OC(C)(C)C. The fraction of sp³-hybridized carbons (Fsp3) is 0.500. The van der Waals surface area contributed by atoms with Crippen LogP contribution < -0.4 is 15.4 Å². The number of ether oxygens (including phenoxy) is 1. The van der Waals surface area contributed by atoms with E-state index in [9.17, 15) is 4.79 Å². The summed E-state index contributed by atoms with van der Waals surface area (Å²) in [5, 5.41) is 5.81. The van der Waals surface area contributed by atoms with Gasteiger partial charge in [-0.1, -0.05) is 12.1 Å². The molecule has 0 aliphatic carbocycles. The maximum atomic E-state index is 11.7. The van der Waals surface area contributed by atoms with Crippen LogP contribution in [0.4, 0.5) is 5.69 Å². The summed E-state index contributed by atoms with van der Waals surface area (Å²) < 4.78 is 5.81. The van der Waals surface area contributed by atoms with Crippen LogP contribution in [0.3, 0.4) is 0 Å². The minimum absolute atomic E-state index is 0.0192. The number of carbonyl (C=O) groups excluding carboxylic acids is 1. The van der Waals surface area contributed by atoms with E-state index in [0.29, 0.717) is 24.4 Å². The molecule has 1 aromatic carbocycles. The van der Waals surface area contributed by atoms with Gasteiger partial charge in [-0.25, -0.2) is 0 Å². The molecule has 0 aliphatic rings. The number of amides is 1. The normalized spacial score (nSPS) is 11.1. The quantitative estimate of drug-likeness (QED) is 0.843. The first-order valence-corrected chi connectivity index (χ1v) is 6.15. The Morgan fingerprint density at radius 2 is 1.94 bits per heavy atom. The molecule has 1 amide bonds. The molecular weight excluding hydrogens is 228 g/mol. The molecule has 2 N–H and O–H groups in total. The van der Waals surface area contributed by atoms with Crippen LogP contribution in [-0.4, -0.2) is 25.1 Å². The van der Waals surface area contributed by atoms with E-state index in [-0.39, 0.29) is 11.5 Å². The van der Waals surface area contributed by atoms with E-state index in [0.717, 1.165) is 0 Å². The van der Waals surface area contributed by atoms with Crippen molar-refractivity contribution in [3.63, 3.8) is 0 Å². The molecule has 0 atom stereocenters. The van der Waals surface area contributed by atoms with E-state index in [4.69, 9.17) is 4.74 Å². The lowest BCUT2D eigenvalue weighted by atomic mass is 10.2. The van der Waals surface area contributed by atoms with Gasteiger partial charge in [0.2, 0.25) is 5.91 Å². The summed E-state index contributed by atoms with van der Waals surface area (Å²) in [6.07, 6.45) is 0.445. The van der Waals surface area contributed by atoms with Gasteiger partial charge in [-0.3, -0.25) is 4.79 Å². The van der Waals surface area contributed by atoms with E-state index in [1.54, 1.807) is 0 Å². The summed E-state index contributed by atoms with van der Waals surface area (Å²) in [7, 11) is 1.82. The highest BCUT2D eigenvalue weighted by molar-refractivity contribution is 5.92. The van der Waals surface area contributed by atoms with E-state index in [2.05, 4.69) is 10.6 Å². The summed E-state index contributed by atoms with van der Waals surface area (Å²) in [6.45, 7) is 6.60. The number of hydrogen-bond donors (Lipinski definition) is 2. The number of nitrogens with one attached hydrogen (secondary N) is 2. The van der Waals surface area contributed by atoms with Gasteiger partial charge in [-0.15, -0.1) is 0 Å². The van der Waals surface area contributed by atoms with Crippen LogP contribution >= 0.6 is 0 Å². The molecule has 0 saturated heterocycles. The summed E-state index contributed by atoms with van der Waals surface area (Å²) in [5.41, 5.74) is 0.430. The minimum Gasteiger partial charge on any atom is -0.486 e. The number of rotatable bonds is 5. The third-order valence-corrected chi connectivity index (χ3v) is 2.18. The first-order valence-electron chi connectivity index (χ1n) is 6.15. The molecular formula is C14H22N2O2. The first-order chi connectivity index (χ1) is 8.42. The van der Waals surface area contributed by atoms with Crippen LogP contribution in [0, 0.1) is 0 Å². The van der Waals surface area contributed by atoms with E-state index in [1.807, 2.05) is 52.1 Å². The molecule has 0 aliphatic heterocycles. The van der Waals surface area contributed by atoms with Gasteiger partial charge in [0, 0.05) is 13.0 Å². The highest BCUT2D eigenvalue weighted by Gasteiger charge is 2.15. The predicted molar refractivity (Wildman–Crippen MR) is 74.0 cm³/mol. The molecule has 0 bridgehead atoms. The van der Waals surface area contributed by atoms with Crippen molar-refractivity contribution in [1.29, 1.82) is 0 Å². The molecule has 100 valence electrons. The number of anilines is 1. The second kappa shape index (κ2) is 6.40. The van der Waals surface area contributed by atoms with Gasteiger partial charge in [0.15, 0.2) is 0 Å². The van der Waals surface area contributed by atoms with E-state index < -0.39 is 0 Å². The molecule has 1 rings (SSSR count). The van der Waals surface area contributed by atoms with Crippen molar-refractivity contribution in [2.24, 2.45) is 0 Å². The van der Waals surface area contributed by atoms with Crippen molar-refractivity contribution in [2.45, 2.75) is 32.8 Å². The Kier molecular flexibility index (Phi) is 5.16. The Morgan fingerprint density at radius 1 is 1.28 bits per heavy atom. The van der Waals surface area contributed by atoms with Crippen LogP contribution in [0.15, 0.2) is 24.3 Å². The van der Waals surface area contributed by atoms with Crippen LogP contribution in [0.1, 0.15) is 27.2 Å². The van der Waals surface area contributed by atoms with Gasteiger partial charge >= 0.3 is 0 Å². The zero-order valence-electron chi connectivity index (χ0n) is 11.5. The second-order valence-electron chi connectivity index (χ2n) is 5.11. The molecule has 0 saturated carbocycles. The van der Waals surface area contributed by atoms with Gasteiger partial charge in [0.1, 0.15) is 11.4 Å². The van der Waals surface area contributed by atoms with Crippen molar-refractivity contribution in [3.8, 4) is 5.75 Å². The smallest absolute Gasteiger partial charge is 0.225 e. The number of carbonyl (C=O) groups is 1. The molecule has 1 aromatic rings. The lowest BCUT2D eigenvalue weighted by Gasteiger charge is -2.23. The zero-order chi connectivity index (χ0) is 13.6. The lowest BCUT2D eigenvalue weighted by molar-refractivity contribution is -0.116. The monoisotopic (exact) mass is 250 g/mol. The Morgan fingerprint density at radius 3 is 2.56 bits per heavy atom. The molecule has 0 fully saturated rings. The number of benzene rings is 1. The van der Waals surface area contributed by atoms with Crippen LogP contribution in [0.2, 0.25) is 0 Å². The molecule has 0 spiro atoms. The molecule has 0 radical (unpaired) electrons. The van der Waals surface area contributed by atoms with Gasteiger partial charge in [0.05, 0.1) is 5.69 Å². The Bertz CT molecular complexity index is 397. The van der Waals surface area contributed by atoms with Crippen molar-refractivity contribution < 1.29 is 9.53 Å². The zero-order valence-corrected chi connectivity index (χ0v) is 11.5. The highest BCUT2D eigenvalue weighted by atomic mass is 16.5. The highest BCUT2D eigenvalue weighted by Crippen LogP contribution is 2.27. The van der Waals surface area contributed by atoms with Crippen molar-refractivity contribution >= 4 is 11.6 Å². The molecule has 4 nitrogen and oxygen atoms in total. The summed E-state index contributed by atoms with van der Waals surface area (Å²) in [6, 6.07) is 7.48. The molecule has 18 heavy (non-hydrogen) atoms. The Hall–Kier alpha value is -1.55. The van der Waals surface area contributed by atoms with Gasteiger partial charge in [-0.2, -0.15) is 0 Å². The first kappa shape index (κ1) is 14.5. The van der Waals surface area contributed by atoms with Crippen molar-refractivity contribution in [3.05, 3.63) is 24.3 Å². The summed E-state index contributed by atoms with van der Waals surface area (Å²) >= 11 is 0. The van der Waals surface area contributed by atoms with Gasteiger partial charge < -0.3 is 15.4 Å². The van der Waals surface area contributed by atoms with Crippen LogP contribution in [-0.2, 0) is 4.79 Å². The summed E-state index contributed by atoms with van der Waals surface area (Å²) in [4.78, 5) is 11.7. The van der Waals surface area contributed by atoms with Crippen LogP contribution in [0.5, 0.6) is 5.75 Å². The second-order valence-corrected chi connectivity index (χ2v) is 5.11. The standard InChI is InChI=1S/C14H22N2O2/c1-14(2,3)18-12-8-6-5-7-11(12)16-13(17)9-10-15-4/h5-8,15H,9-10H2,1-4H3,(H,16,17).